The molecule has 1 aromatic carbocycles. The highest BCUT2D eigenvalue weighted by Gasteiger charge is 2.39. The molecule has 6 heteroatoms. The van der Waals surface area contributed by atoms with Crippen molar-refractivity contribution in [3.8, 4) is 0 Å². The highest BCUT2D eigenvalue weighted by molar-refractivity contribution is 6.14. The average molecular weight is 294 g/mol. The zero-order valence-electron chi connectivity index (χ0n) is 12.2. The average Bonchev–Trinajstić information content (AvgIpc) is 2.81. The minimum Gasteiger partial charge on any atom is -0.394 e. The third kappa shape index (κ3) is 4.84. The first-order valence-corrected chi connectivity index (χ1v) is 7.06. The monoisotopic (exact) mass is 294 g/mol. The lowest BCUT2D eigenvalue weighted by molar-refractivity contribution is -0.127. The van der Waals surface area contributed by atoms with Gasteiger partial charge in [0, 0.05) is 0 Å². The van der Waals surface area contributed by atoms with Gasteiger partial charge in [-0.3, -0.25) is 15.0 Å². The molecule has 1 heterocycles. The third-order valence-corrected chi connectivity index (χ3v) is 3.02. The van der Waals surface area contributed by atoms with E-state index in [1.54, 1.807) is 12.1 Å². The van der Waals surface area contributed by atoms with Gasteiger partial charge in [-0.25, -0.2) is 5.01 Å². The normalized spacial score (nSPS) is 17.3. The summed E-state index contributed by atoms with van der Waals surface area (Å²) in [5, 5.41) is 16.6. The smallest absolute Gasteiger partial charge is 0.258 e. The topological polar surface area (TPSA) is 89.9 Å². The van der Waals surface area contributed by atoms with Crippen molar-refractivity contribution >= 4 is 17.5 Å². The van der Waals surface area contributed by atoms with Crippen LogP contribution in [0.1, 0.15) is 26.2 Å². The molecule has 0 aliphatic carbocycles. The molecule has 0 aromatic heterocycles. The predicted octanol–water partition coefficient (Wildman–Crippen LogP) is 0.842. The van der Waals surface area contributed by atoms with Gasteiger partial charge in [-0.05, 0) is 18.6 Å². The number of amides is 2. The number of carbonyl (C=O) groups excluding carboxylic acids is 2. The second kappa shape index (κ2) is 9.10. The van der Waals surface area contributed by atoms with Crippen LogP contribution in [0.3, 0.4) is 0 Å². The van der Waals surface area contributed by atoms with Crippen LogP contribution in [-0.4, -0.2) is 35.2 Å². The first-order chi connectivity index (χ1) is 10.2. The summed E-state index contributed by atoms with van der Waals surface area (Å²) in [6.45, 7) is 1.80. The van der Waals surface area contributed by atoms with Crippen LogP contribution in [-0.2, 0) is 9.59 Å². The fourth-order valence-electron chi connectivity index (χ4n) is 1.94. The van der Waals surface area contributed by atoms with Crippen LogP contribution >= 0.6 is 0 Å². The van der Waals surface area contributed by atoms with Crippen LogP contribution in [0, 0.1) is 5.92 Å². The lowest BCUT2D eigenvalue weighted by Gasteiger charge is -2.14. The van der Waals surface area contributed by atoms with Crippen LogP contribution < -0.4 is 10.4 Å². The molecule has 1 aromatic rings. The number of anilines is 1. The number of rotatable bonds is 5. The molecule has 0 saturated carbocycles. The van der Waals surface area contributed by atoms with Gasteiger partial charge in [-0.1, -0.05) is 38.0 Å². The zero-order valence-corrected chi connectivity index (χ0v) is 12.2. The van der Waals surface area contributed by atoms with Crippen molar-refractivity contribution in [2.24, 2.45) is 5.92 Å². The Bertz CT molecular complexity index is 448. The number of hydrogen-bond acceptors (Lipinski definition) is 4. The van der Waals surface area contributed by atoms with Crippen LogP contribution in [0.5, 0.6) is 0 Å². The fraction of sp³-hybridized carbons (Fsp3) is 0.467. The van der Waals surface area contributed by atoms with E-state index in [4.69, 9.17) is 10.2 Å². The number of nitrogens with one attached hydrogen (secondary N) is 1. The summed E-state index contributed by atoms with van der Waals surface area (Å²) in [4.78, 5) is 23.8. The molecule has 1 aliphatic rings. The Balaban J connectivity index is 0.000000491. The van der Waals surface area contributed by atoms with Gasteiger partial charge in [-0.15, -0.1) is 0 Å². The SMILES string of the molecule is CCCCC1C(=O)NN(c2ccccc2)C1=O.OCCO. The number of aliphatic hydroxyl groups excluding tert-OH is 2. The maximum atomic E-state index is 12.1. The molecule has 1 atom stereocenters. The first-order valence-electron chi connectivity index (χ1n) is 7.06. The van der Waals surface area contributed by atoms with Crippen LogP contribution in [0.2, 0.25) is 0 Å². The lowest BCUT2D eigenvalue weighted by atomic mass is 10.0. The second-order valence-corrected chi connectivity index (χ2v) is 4.63. The minimum atomic E-state index is -0.518. The van der Waals surface area contributed by atoms with Gasteiger partial charge in [-0.2, -0.15) is 0 Å². The number of carbonyl (C=O) groups is 2. The molecule has 1 saturated heterocycles. The summed E-state index contributed by atoms with van der Waals surface area (Å²) in [6.07, 6.45) is 2.51. The van der Waals surface area contributed by atoms with E-state index in [0.717, 1.165) is 12.8 Å². The van der Waals surface area contributed by atoms with Gasteiger partial charge in [0.05, 0.1) is 18.9 Å². The molecular formula is C15H22N2O4. The summed E-state index contributed by atoms with van der Waals surface area (Å²) >= 11 is 0. The van der Waals surface area contributed by atoms with Gasteiger partial charge in [0.25, 0.3) is 11.8 Å². The van der Waals surface area contributed by atoms with Crippen molar-refractivity contribution in [3.63, 3.8) is 0 Å². The van der Waals surface area contributed by atoms with E-state index in [1.807, 2.05) is 25.1 Å². The van der Waals surface area contributed by atoms with E-state index < -0.39 is 5.92 Å². The van der Waals surface area contributed by atoms with E-state index in [1.165, 1.54) is 5.01 Å². The Morgan fingerprint density at radius 1 is 1.14 bits per heavy atom. The highest BCUT2D eigenvalue weighted by atomic mass is 16.3. The molecule has 1 unspecified atom stereocenters. The number of hydrogen-bond donors (Lipinski definition) is 3. The Kier molecular flexibility index (Phi) is 7.42. The Hall–Kier alpha value is -1.92. The summed E-state index contributed by atoms with van der Waals surface area (Å²) < 4.78 is 0. The molecule has 6 nitrogen and oxygen atoms in total. The number of nitrogens with zero attached hydrogens (tertiary/aromatic N) is 1. The van der Waals surface area contributed by atoms with E-state index in [9.17, 15) is 9.59 Å². The van der Waals surface area contributed by atoms with Gasteiger partial charge in [0.1, 0.15) is 5.92 Å². The molecule has 21 heavy (non-hydrogen) atoms. The quantitative estimate of drug-likeness (QED) is 0.702. The molecule has 0 bridgehead atoms. The van der Waals surface area contributed by atoms with Crippen molar-refractivity contribution in [1.82, 2.24) is 5.43 Å². The summed E-state index contributed by atoms with van der Waals surface area (Å²) in [5.74, 6) is -0.850. The van der Waals surface area contributed by atoms with Crippen molar-refractivity contribution < 1.29 is 19.8 Å². The molecule has 1 fully saturated rings. The zero-order chi connectivity index (χ0) is 15.7. The van der Waals surface area contributed by atoms with E-state index in [0.29, 0.717) is 12.1 Å². The Labute approximate surface area is 124 Å². The number of aliphatic hydroxyl groups is 2. The number of unbranched alkanes of at least 4 members (excludes halogenated alkanes) is 1. The maximum absolute atomic E-state index is 12.1. The summed E-state index contributed by atoms with van der Waals surface area (Å²) in [6, 6.07) is 9.17. The van der Waals surface area contributed by atoms with Crippen molar-refractivity contribution in [1.29, 1.82) is 0 Å². The molecule has 1 aliphatic heterocycles. The van der Waals surface area contributed by atoms with Gasteiger partial charge < -0.3 is 10.2 Å². The largest absolute Gasteiger partial charge is 0.394 e. The standard InChI is InChI=1S/C13H16N2O2.C2H6O2/c1-2-3-9-11-12(16)14-15(13(11)17)10-7-5-4-6-8-10;3-1-2-4/h4-8,11H,2-3,9H2,1H3,(H,14,16);3-4H,1-2H2. The Morgan fingerprint density at radius 2 is 1.76 bits per heavy atom. The maximum Gasteiger partial charge on any atom is 0.258 e. The molecular weight excluding hydrogens is 272 g/mol. The first kappa shape index (κ1) is 17.1. The lowest BCUT2D eigenvalue weighted by Crippen LogP contribution is -2.35. The van der Waals surface area contributed by atoms with Crippen LogP contribution in [0.4, 0.5) is 5.69 Å². The van der Waals surface area contributed by atoms with Gasteiger partial charge >= 0.3 is 0 Å². The summed E-state index contributed by atoms with van der Waals surface area (Å²) in [7, 11) is 0. The molecule has 116 valence electrons. The minimum absolute atomic E-state index is 0.125. The number of para-hydroxylation sites is 1. The number of benzene rings is 1. The molecule has 2 rings (SSSR count). The second-order valence-electron chi connectivity index (χ2n) is 4.63. The highest BCUT2D eigenvalue weighted by Crippen LogP contribution is 2.22. The van der Waals surface area contributed by atoms with E-state index in [2.05, 4.69) is 5.43 Å². The number of hydrazine groups is 1. The van der Waals surface area contributed by atoms with Gasteiger partial charge in [0.15, 0.2) is 0 Å². The molecule has 2 amide bonds. The third-order valence-electron chi connectivity index (χ3n) is 3.02. The van der Waals surface area contributed by atoms with Crippen molar-refractivity contribution in [3.05, 3.63) is 30.3 Å². The van der Waals surface area contributed by atoms with Crippen molar-refractivity contribution in [2.45, 2.75) is 26.2 Å². The fourth-order valence-corrected chi connectivity index (χ4v) is 1.94. The molecule has 0 spiro atoms. The van der Waals surface area contributed by atoms with Crippen LogP contribution in [0.25, 0.3) is 0 Å². The molecule has 0 radical (unpaired) electrons. The predicted molar refractivity (Wildman–Crippen MR) is 79.3 cm³/mol. The van der Waals surface area contributed by atoms with E-state index >= 15 is 0 Å². The van der Waals surface area contributed by atoms with Crippen LogP contribution in [0.15, 0.2) is 30.3 Å². The molecule has 3 N–H and O–H groups in total. The Morgan fingerprint density at radius 3 is 2.29 bits per heavy atom. The summed E-state index contributed by atoms with van der Waals surface area (Å²) in [5.41, 5.74) is 3.34. The van der Waals surface area contributed by atoms with Crippen molar-refractivity contribution in [2.75, 3.05) is 18.2 Å². The van der Waals surface area contributed by atoms with E-state index in [-0.39, 0.29) is 25.0 Å². The van der Waals surface area contributed by atoms with Gasteiger partial charge in [0.2, 0.25) is 0 Å².